The third kappa shape index (κ3) is 3.64. The molecule has 0 N–H and O–H groups in total. The number of nitrogens with zero attached hydrogens (tertiary/aromatic N) is 1. The first-order chi connectivity index (χ1) is 9.96. The molecule has 0 fully saturated rings. The molecule has 0 aromatic heterocycles. The van der Waals surface area contributed by atoms with E-state index in [1.165, 1.54) is 5.41 Å². The first-order valence-electron chi connectivity index (χ1n) is 6.84. The fourth-order valence-corrected chi connectivity index (χ4v) is 3.59. The summed E-state index contributed by atoms with van der Waals surface area (Å²) in [4.78, 5) is 13.9. The second-order valence-electron chi connectivity index (χ2n) is 4.94. The van der Waals surface area contributed by atoms with Gasteiger partial charge in [0, 0.05) is 17.5 Å². The Morgan fingerprint density at radius 3 is 2.48 bits per heavy atom. The Morgan fingerprint density at radius 2 is 2.00 bits per heavy atom. The fourth-order valence-electron chi connectivity index (χ4n) is 2.32. The molecule has 6 heteroatoms. The Morgan fingerprint density at radius 1 is 1.33 bits per heavy atom. The second-order valence-corrected chi connectivity index (χ2v) is 6.87. The predicted octanol–water partition coefficient (Wildman–Crippen LogP) is 2.14. The van der Waals surface area contributed by atoms with Gasteiger partial charge in [0.1, 0.15) is 5.75 Å². The van der Waals surface area contributed by atoms with E-state index >= 15 is 0 Å². The molecule has 0 saturated heterocycles. The maximum Gasteiger partial charge on any atom is 0.227 e. The molecule has 21 heavy (non-hydrogen) atoms. The van der Waals surface area contributed by atoms with Crippen molar-refractivity contribution in [1.82, 2.24) is 0 Å². The first kappa shape index (κ1) is 15.6. The number of amides is 1. The molecule has 5 nitrogen and oxygen atoms in total. The van der Waals surface area contributed by atoms with Gasteiger partial charge in [-0.3, -0.25) is 4.79 Å². The average Bonchev–Trinajstić information content (AvgIpc) is 2.80. The molecule has 0 radical (unpaired) electrons. The SMILES string of the molecule is CCCC(=O)N(c1ccc(OC)cc1)[C@@H]1C=CS(=O)(=O)C1. The van der Waals surface area contributed by atoms with Crippen LogP contribution in [-0.2, 0) is 14.6 Å². The zero-order chi connectivity index (χ0) is 15.5. The molecule has 1 aromatic rings. The zero-order valence-corrected chi connectivity index (χ0v) is 13.0. The first-order valence-corrected chi connectivity index (χ1v) is 8.55. The van der Waals surface area contributed by atoms with Crippen LogP contribution >= 0.6 is 0 Å². The monoisotopic (exact) mass is 309 g/mol. The normalized spacial score (nSPS) is 19.4. The van der Waals surface area contributed by atoms with Crippen LogP contribution in [0.15, 0.2) is 35.7 Å². The number of anilines is 1. The van der Waals surface area contributed by atoms with Crippen LogP contribution in [-0.4, -0.2) is 33.2 Å². The summed E-state index contributed by atoms with van der Waals surface area (Å²) in [6.45, 7) is 1.92. The summed E-state index contributed by atoms with van der Waals surface area (Å²) in [6.07, 6.45) is 2.68. The smallest absolute Gasteiger partial charge is 0.227 e. The maximum atomic E-state index is 12.4. The second kappa shape index (κ2) is 6.30. The number of carbonyl (C=O) groups is 1. The van der Waals surface area contributed by atoms with E-state index in [4.69, 9.17) is 4.74 Å². The largest absolute Gasteiger partial charge is 0.497 e. The summed E-state index contributed by atoms with van der Waals surface area (Å²) in [5.74, 6) is 0.555. The van der Waals surface area contributed by atoms with Gasteiger partial charge >= 0.3 is 0 Å². The highest BCUT2D eigenvalue weighted by atomic mass is 32.2. The molecular formula is C15H19NO4S. The van der Waals surface area contributed by atoms with Crippen LogP contribution < -0.4 is 9.64 Å². The van der Waals surface area contributed by atoms with E-state index < -0.39 is 15.9 Å². The minimum absolute atomic E-state index is 0.0610. The minimum Gasteiger partial charge on any atom is -0.497 e. The standard InChI is InChI=1S/C15H19NO4S/c1-3-4-15(17)16(13-9-10-21(18,19)11-13)12-5-7-14(20-2)8-6-12/h5-10,13H,3-4,11H2,1-2H3/t13-/m1/s1. The Kier molecular flexibility index (Phi) is 4.67. The molecule has 1 amide bonds. The molecule has 1 heterocycles. The van der Waals surface area contributed by atoms with Crippen molar-refractivity contribution < 1.29 is 17.9 Å². The number of carbonyl (C=O) groups excluding carboxylic acids is 1. The lowest BCUT2D eigenvalue weighted by molar-refractivity contribution is -0.118. The molecule has 0 aliphatic carbocycles. The third-order valence-corrected chi connectivity index (χ3v) is 4.70. The topological polar surface area (TPSA) is 63.7 Å². The van der Waals surface area contributed by atoms with Crippen LogP contribution in [0.25, 0.3) is 0 Å². The summed E-state index contributed by atoms with van der Waals surface area (Å²) in [7, 11) is -1.64. The minimum atomic E-state index is -3.21. The van der Waals surface area contributed by atoms with Crippen LogP contribution in [0.1, 0.15) is 19.8 Å². The van der Waals surface area contributed by atoms with Crippen molar-refractivity contribution in [3.05, 3.63) is 35.7 Å². The number of rotatable bonds is 5. The van der Waals surface area contributed by atoms with E-state index in [9.17, 15) is 13.2 Å². The molecule has 114 valence electrons. The molecular weight excluding hydrogens is 290 g/mol. The van der Waals surface area contributed by atoms with Crippen LogP contribution in [0.2, 0.25) is 0 Å². The number of sulfone groups is 1. The highest BCUT2D eigenvalue weighted by Gasteiger charge is 2.30. The molecule has 0 unspecified atom stereocenters. The number of hydrogen-bond acceptors (Lipinski definition) is 4. The van der Waals surface area contributed by atoms with Gasteiger partial charge in [-0.05, 0) is 36.8 Å². The lowest BCUT2D eigenvalue weighted by atomic mass is 10.1. The van der Waals surface area contributed by atoms with Crippen molar-refractivity contribution in [2.75, 3.05) is 17.8 Å². The summed E-state index contributed by atoms with van der Waals surface area (Å²) in [6, 6.07) is 6.61. The Labute approximate surface area is 125 Å². The Bertz CT molecular complexity index is 634. The molecule has 1 aliphatic heterocycles. The van der Waals surface area contributed by atoms with E-state index in [1.807, 2.05) is 6.92 Å². The van der Waals surface area contributed by atoms with Gasteiger partial charge in [-0.15, -0.1) is 0 Å². The van der Waals surface area contributed by atoms with Gasteiger partial charge in [-0.25, -0.2) is 8.42 Å². The van der Waals surface area contributed by atoms with E-state index in [0.29, 0.717) is 24.3 Å². The fraction of sp³-hybridized carbons (Fsp3) is 0.400. The Balaban J connectivity index is 2.32. The number of benzene rings is 1. The van der Waals surface area contributed by atoms with E-state index in [1.54, 1.807) is 42.4 Å². The molecule has 0 bridgehead atoms. The summed E-state index contributed by atoms with van der Waals surface area (Å²) in [5, 5.41) is 1.19. The van der Waals surface area contributed by atoms with Gasteiger partial charge in [-0.2, -0.15) is 0 Å². The Hall–Kier alpha value is -1.82. The number of methoxy groups -OCH3 is 1. The number of ether oxygens (including phenoxy) is 1. The van der Waals surface area contributed by atoms with Gasteiger partial charge in [0.15, 0.2) is 9.84 Å². The van der Waals surface area contributed by atoms with E-state index in [0.717, 1.165) is 0 Å². The van der Waals surface area contributed by atoms with Gasteiger partial charge in [-0.1, -0.05) is 6.92 Å². The number of hydrogen-bond donors (Lipinski definition) is 0. The van der Waals surface area contributed by atoms with Crippen molar-refractivity contribution in [2.24, 2.45) is 0 Å². The van der Waals surface area contributed by atoms with Crippen molar-refractivity contribution in [2.45, 2.75) is 25.8 Å². The van der Waals surface area contributed by atoms with E-state index in [2.05, 4.69) is 0 Å². The van der Waals surface area contributed by atoms with Crippen LogP contribution in [0.3, 0.4) is 0 Å². The molecule has 1 aliphatic rings. The van der Waals surface area contributed by atoms with Gasteiger partial charge in [0.05, 0.1) is 18.9 Å². The summed E-state index contributed by atoms with van der Waals surface area (Å²) in [5.41, 5.74) is 0.681. The third-order valence-electron chi connectivity index (χ3n) is 3.33. The predicted molar refractivity (Wildman–Crippen MR) is 82.1 cm³/mol. The van der Waals surface area contributed by atoms with E-state index in [-0.39, 0.29) is 11.7 Å². The van der Waals surface area contributed by atoms with Crippen molar-refractivity contribution in [3.63, 3.8) is 0 Å². The van der Waals surface area contributed by atoms with Crippen LogP contribution in [0, 0.1) is 0 Å². The zero-order valence-electron chi connectivity index (χ0n) is 12.2. The average molecular weight is 309 g/mol. The lowest BCUT2D eigenvalue weighted by Gasteiger charge is -2.27. The summed E-state index contributed by atoms with van der Waals surface area (Å²) < 4.78 is 28.3. The molecule has 2 rings (SSSR count). The van der Waals surface area contributed by atoms with Gasteiger partial charge < -0.3 is 9.64 Å². The van der Waals surface area contributed by atoms with Crippen LogP contribution in [0.5, 0.6) is 5.75 Å². The van der Waals surface area contributed by atoms with Gasteiger partial charge in [0.25, 0.3) is 0 Å². The molecule has 1 atom stereocenters. The highest BCUT2D eigenvalue weighted by Crippen LogP contribution is 2.26. The van der Waals surface area contributed by atoms with Crippen molar-refractivity contribution >= 4 is 21.4 Å². The molecule has 1 aromatic carbocycles. The van der Waals surface area contributed by atoms with Crippen molar-refractivity contribution in [1.29, 1.82) is 0 Å². The quantitative estimate of drug-likeness (QED) is 0.836. The van der Waals surface area contributed by atoms with Crippen molar-refractivity contribution in [3.8, 4) is 5.75 Å². The summed E-state index contributed by atoms with van der Waals surface area (Å²) >= 11 is 0. The molecule has 0 spiro atoms. The highest BCUT2D eigenvalue weighted by molar-refractivity contribution is 7.94. The lowest BCUT2D eigenvalue weighted by Crippen LogP contribution is -2.41. The van der Waals surface area contributed by atoms with Crippen LogP contribution in [0.4, 0.5) is 5.69 Å². The molecule has 0 saturated carbocycles. The van der Waals surface area contributed by atoms with Gasteiger partial charge in [0.2, 0.25) is 5.91 Å². The maximum absolute atomic E-state index is 12.4.